The lowest BCUT2D eigenvalue weighted by molar-refractivity contribution is -0.120. The van der Waals surface area contributed by atoms with E-state index in [-0.39, 0.29) is 6.04 Å². The van der Waals surface area contributed by atoms with Gasteiger partial charge >= 0.3 is 6.03 Å². The van der Waals surface area contributed by atoms with Crippen molar-refractivity contribution < 1.29 is 14.3 Å². The molecule has 7 heteroatoms. The zero-order valence-electron chi connectivity index (χ0n) is 14.9. The minimum Gasteiger partial charge on any atom is -0.456 e. The van der Waals surface area contributed by atoms with Crippen LogP contribution in [0.5, 0.6) is 11.5 Å². The van der Waals surface area contributed by atoms with Crippen molar-refractivity contribution in [2.45, 2.75) is 31.8 Å². The van der Waals surface area contributed by atoms with Crippen LogP contribution in [-0.2, 0) is 4.79 Å². The van der Waals surface area contributed by atoms with E-state index in [9.17, 15) is 9.59 Å². The Balaban J connectivity index is 1.54. The number of imide groups is 1. The fourth-order valence-corrected chi connectivity index (χ4v) is 2.38. The Morgan fingerprint density at radius 1 is 1.15 bits per heavy atom. The fraction of sp³-hybridized carbons (Fsp3) is 0.250. The molecule has 1 atom stereocenters. The van der Waals surface area contributed by atoms with Gasteiger partial charge in [0.2, 0.25) is 5.91 Å². The number of ether oxygens (including phenoxy) is 1. The van der Waals surface area contributed by atoms with Crippen molar-refractivity contribution in [1.29, 1.82) is 5.26 Å². The number of amides is 3. The molecule has 138 valence electrons. The van der Waals surface area contributed by atoms with Crippen LogP contribution in [0.3, 0.4) is 0 Å². The summed E-state index contributed by atoms with van der Waals surface area (Å²) in [7, 11) is 0. The predicted molar refractivity (Wildman–Crippen MR) is 100 cm³/mol. The minimum absolute atomic E-state index is 0.194. The second kappa shape index (κ2) is 8.23. The molecule has 2 aromatic carbocycles. The average molecular weight is 364 g/mol. The molecule has 3 N–H and O–H groups in total. The number of benzene rings is 2. The molecule has 2 aromatic rings. The van der Waals surface area contributed by atoms with Crippen LogP contribution in [0.15, 0.2) is 48.5 Å². The molecular weight excluding hydrogens is 344 g/mol. The van der Waals surface area contributed by atoms with Gasteiger partial charge in [-0.3, -0.25) is 10.1 Å². The molecule has 0 aliphatic heterocycles. The van der Waals surface area contributed by atoms with Crippen molar-refractivity contribution in [3.63, 3.8) is 0 Å². The first kappa shape index (κ1) is 18.3. The van der Waals surface area contributed by atoms with Gasteiger partial charge in [-0.25, -0.2) is 4.79 Å². The number of carbonyl (C=O) groups excluding carboxylic acids is 2. The molecule has 1 saturated carbocycles. The third kappa shape index (κ3) is 5.22. The molecule has 1 unspecified atom stereocenters. The van der Waals surface area contributed by atoms with Gasteiger partial charge in [0.05, 0.1) is 5.56 Å². The summed E-state index contributed by atoms with van der Waals surface area (Å²) in [6.45, 7) is 1.67. The molecule has 1 aliphatic rings. The van der Waals surface area contributed by atoms with Crippen LogP contribution in [0.1, 0.15) is 25.3 Å². The van der Waals surface area contributed by atoms with Gasteiger partial charge in [0, 0.05) is 11.7 Å². The highest BCUT2D eigenvalue weighted by atomic mass is 16.5. The molecule has 0 spiro atoms. The maximum absolute atomic E-state index is 12.0. The van der Waals surface area contributed by atoms with Crippen LogP contribution in [0.2, 0.25) is 0 Å². The maximum atomic E-state index is 12.0. The standard InChI is InChI=1S/C20H20N4O3/c1-13(19(25)24-20(26)23-16-6-7-16)22-15-8-10-17(11-9-15)27-18-5-3-2-4-14(18)12-21/h2-5,8-11,13,16,22H,6-7H2,1H3,(H2,23,24,25,26). The van der Waals surface area contributed by atoms with Gasteiger partial charge in [-0.05, 0) is 56.2 Å². The summed E-state index contributed by atoms with van der Waals surface area (Å²) in [5, 5.41) is 17.2. The van der Waals surface area contributed by atoms with Gasteiger partial charge in [0.1, 0.15) is 23.6 Å². The number of nitriles is 1. The number of nitrogens with zero attached hydrogens (tertiary/aromatic N) is 1. The molecule has 0 saturated heterocycles. The molecule has 3 amide bonds. The van der Waals surface area contributed by atoms with Crippen LogP contribution in [0.4, 0.5) is 10.5 Å². The Bertz CT molecular complexity index is 870. The number of nitrogens with one attached hydrogen (secondary N) is 3. The molecule has 1 fully saturated rings. The summed E-state index contributed by atoms with van der Waals surface area (Å²) in [6, 6.07) is 15.2. The lowest BCUT2D eigenvalue weighted by Gasteiger charge is -2.15. The number of carbonyl (C=O) groups is 2. The van der Waals surface area contributed by atoms with E-state index in [0.717, 1.165) is 12.8 Å². The highest BCUT2D eigenvalue weighted by Crippen LogP contribution is 2.26. The quantitative estimate of drug-likeness (QED) is 0.731. The van der Waals surface area contributed by atoms with Gasteiger partial charge in [0.15, 0.2) is 0 Å². The van der Waals surface area contributed by atoms with Gasteiger partial charge in [-0.2, -0.15) is 5.26 Å². The van der Waals surface area contributed by atoms with Gasteiger partial charge < -0.3 is 15.4 Å². The first-order valence-electron chi connectivity index (χ1n) is 8.70. The number of para-hydroxylation sites is 1. The number of anilines is 1. The largest absolute Gasteiger partial charge is 0.456 e. The lowest BCUT2D eigenvalue weighted by Crippen LogP contribution is -2.46. The van der Waals surface area contributed by atoms with Crippen LogP contribution >= 0.6 is 0 Å². The van der Waals surface area contributed by atoms with Crippen molar-refractivity contribution in [3.8, 4) is 17.6 Å². The average Bonchev–Trinajstić information content (AvgIpc) is 3.47. The Morgan fingerprint density at radius 2 is 1.85 bits per heavy atom. The summed E-state index contributed by atoms with van der Waals surface area (Å²) in [6.07, 6.45) is 1.92. The Hall–Kier alpha value is -3.53. The molecule has 7 nitrogen and oxygen atoms in total. The first-order chi connectivity index (χ1) is 13.0. The molecule has 1 aliphatic carbocycles. The van der Waals surface area contributed by atoms with E-state index in [1.165, 1.54) is 0 Å². The predicted octanol–water partition coefficient (Wildman–Crippen LogP) is 3.14. The van der Waals surface area contributed by atoms with Crippen molar-refractivity contribution in [3.05, 3.63) is 54.1 Å². The first-order valence-corrected chi connectivity index (χ1v) is 8.70. The number of hydrogen-bond donors (Lipinski definition) is 3. The number of urea groups is 1. The van der Waals surface area contributed by atoms with E-state index in [1.54, 1.807) is 55.5 Å². The van der Waals surface area contributed by atoms with Crippen molar-refractivity contribution >= 4 is 17.6 Å². The summed E-state index contributed by atoms with van der Waals surface area (Å²) < 4.78 is 5.72. The van der Waals surface area contributed by atoms with Crippen molar-refractivity contribution in [2.75, 3.05) is 5.32 Å². The van der Waals surface area contributed by atoms with Crippen LogP contribution in [-0.4, -0.2) is 24.0 Å². The summed E-state index contributed by atoms with van der Waals surface area (Å²) >= 11 is 0. The topological polar surface area (TPSA) is 103 Å². The van der Waals surface area contributed by atoms with Crippen LogP contribution in [0.25, 0.3) is 0 Å². The Morgan fingerprint density at radius 3 is 2.52 bits per heavy atom. The van der Waals surface area contributed by atoms with E-state index in [0.29, 0.717) is 22.7 Å². The SMILES string of the molecule is CC(Nc1ccc(Oc2ccccc2C#N)cc1)C(=O)NC(=O)NC1CC1. The van der Waals surface area contributed by atoms with E-state index < -0.39 is 18.0 Å². The molecule has 0 radical (unpaired) electrons. The zero-order chi connectivity index (χ0) is 19.2. The third-order valence-corrected chi connectivity index (χ3v) is 4.02. The van der Waals surface area contributed by atoms with Crippen molar-refractivity contribution in [2.24, 2.45) is 0 Å². The van der Waals surface area contributed by atoms with Crippen LogP contribution in [0, 0.1) is 11.3 Å². The van der Waals surface area contributed by atoms with E-state index in [2.05, 4.69) is 22.0 Å². The van der Waals surface area contributed by atoms with E-state index in [4.69, 9.17) is 10.00 Å². The third-order valence-electron chi connectivity index (χ3n) is 4.02. The number of rotatable bonds is 6. The second-order valence-electron chi connectivity index (χ2n) is 6.34. The fourth-order valence-electron chi connectivity index (χ4n) is 2.38. The monoisotopic (exact) mass is 364 g/mol. The highest BCUT2D eigenvalue weighted by molar-refractivity contribution is 5.98. The van der Waals surface area contributed by atoms with Gasteiger partial charge in [-0.1, -0.05) is 12.1 Å². The summed E-state index contributed by atoms with van der Waals surface area (Å²) in [4.78, 5) is 23.7. The normalized spacial score (nSPS) is 13.8. The molecular formula is C20H20N4O3. The van der Waals surface area contributed by atoms with Crippen LogP contribution < -0.4 is 20.7 Å². The second-order valence-corrected chi connectivity index (χ2v) is 6.34. The molecule has 0 heterocycles. The summed E-state index contributed by atoms with van der Waals surface area (Å²) in [5.41, 5.74) is 1.16. The number of hydrogen-bond acceptors (Lipinski definition) is 5. The van der Waals surface area contributed by atoms with E-state index >= 15 is 0 Å². The maximum Gasteiger partial charge on any atom is 0.321 e. The van der Waals surface area contributed by atoms with Crippen molar-refractivity contribution in [1.82, 2.24) is 10.6 Å². The highest BCUT2D eigenvalue weighted by Gasteiger charge is 2.24. The molecule has 0 bridgehead atoms. The minimum atomic E-state index is -0.582. The van der Waals surface area contributed by atoms with E-state index in [1.807, 2.05) is 0 Å². The lowest BCUT2D eigenvalue weighted by atomic mass is 10.2. The molecule has 27 heavy (non-hydrogen) atoms. The smallest absolute Gasteiger partial charge is 0.321 e. The Kier molecular flexibility index (Phi) is 5.57. The summed E-state index contributed by atoms with van der Waals surface area (Å²) in [5.74, 6) is 0.649. The van der Waals surface area contributed by atoms with Gasteiger partial charge in [-0.15, -0.1) is 0 Å². The molecule has 3 rings (SSSR count). The molecule has 0 aromatic heterocycles. The zero-order valence-corrected chi connectivity index (χ0v) is 14.9. The van der Waals surface area contributed by atoms with Gasteiger partial charge in [0.25, 0.3) is 0 Å². The Labute approximate surface area is 157 Å².